The maximum atomic E-state index is 13.4. The van der Waals surface area contributed by atoms with E-state index in [0.29, 0.717) is 10.7 Å². The second-order valence-electron chi connectivity index (χ2n) is 3.76. The van der Waals surface area contributed by atoms with E-state index in [1.807, 2.05) is 6.07 Å². The highest BCUT2D eigenvalue weighted by Gasteiger charge is 2.15. The fraction of sp³-hybridized carbons (Fsp3) is 0.154. The number of halogens is 1. The topological polar surface area (TPSA) is 78.8 Å². The Labute approximate surface area is 118 Å². The number of methoxy groups -OCH3 is 1. The minimum atomic E-state index is -0.523. The van der Waals surface area contributed by atoms with Crippen molar-refractivity contribution in [1.29, 1.82) is 5.26 Å². The molecular weight excluding hydrogens is 281 g/mol. The lowest BCUT2D eigenvalue weighted by Crippen LogP contribution is -2.14. The lowest BCUT2D eigenvalue weighted by molar-refractivity contribution is 0.387. The van der Waals surface area contributed by atoms with Crippen molar-refractivity contribution in [3.63, 3.8) is 0 Å². The van der Waals surface area contributed by atoms with E-state index in [0.717, 1.165) is 0 Å². The molecule has 0 spiro atoms. The summed E-state index contributed by atoms with van der Waals surface area (Å²) in [7, 11) is 1.34. The molecule has 0 aliphatic carbocycles. The molecule has 0 amide bonds. The molecule has 0 atom stereocenters. The number of aromatic amines is 1. The number of benzene rings is 1. The van der Waals surface area contributed by atoms with Crippen LogP contribution < -0.4 is 10.3 Å². The van der Waals surface area contributed by atoms with Gasteiger partial charge in [-0.25, -0.2) is 9.37 Å². The molecule has 20 heavy (non-hydrogen) atoms. The molecule has 1 aromatic carbocycles. The number of ether oxygens (including phenoxy) is 1. The van der Waals surface area contributed by atoms with Crippen LogP contribution in [0.25, 0.3) is 11.3 Å². The molecule has 0 radical (unpaired) electrons. The fourth-order valence-electron chi connectivity index (χ4n) is 1.67. The van der Waals surface area contributed by atoms with Crippen LogP contribution in [0.3, 0.4) is 0 Å². The van der Waals surface area contributed by atoms with Crippen molar-refractivity contribution in [2.45, 2.75) is 5.16 Å². The third-order valence-electron chi connectivity index (χ3n) is 2.63. The summed E-state index contributed by atoms with van der Waals surface area (Å²) in [5, 5.41) is 9.46. The Balaban J connectivity index is 2.71. The SMILES string of the molecule is COc1cc(-c2nc(SC)[nH]c(=O)c2C#N)ccc1F. The monoisotopic (exact) mass is 291 g/mol. The number of nitriles is 1. The number of thioether (sulfide) groups is 1. The van der Waals surface area contributed by atoms with Crippen molar-refractivity contribution in [2.24, 2.45) is 0 Å². The lowest BCUT2D eigenvalue weighted by atomic mass is 10.1. The van der Waals surface area contributed by atoms with Crippen LogP contribution in [-0.2, 0) is 0 Å². The summed E-state index contributed by atoms with van der Waals surface area (Å²) in [5.74, 6) is -0.496. The summed E-state index contributed by atoms with van der Waals surface area (Å²) in [6, 6.07) is 5.87. The molecule has 0 saturated carbocycles. The minimum absolute atomic E-state index is 0.0270. The zero-order chi connectivity index (χ0) is 14.7. The van der Waals surface area contributed by atoms with Crippen molar-refractivity contribution < 1.29 is 9.13 Å². The molecule has 2 rings (SSSR count). The molecular formula is C13H10FN3O2S. The Kier molecular flexibility index (Phi) is 4.05. The molecule has 0 saturated heterocycles. The van der Waals surface area contributed by atoms with Gasteiger partial charge in [-0.3, -0.25) is 4.79 Å². The van der Waals surface area contributed by atoms with Gasteiger partial charge >= 0.3 is 0 Å². The lowest BCUT2D eigenvalue weighted by Gasteiger charge is -2.07. The van der Waals surface area contributed by atoms with Gasteiger partial charge in [-0.1, -0.05) is 11.8 Å². The van der Waals surface area contributed by atoms with Crippen molar-refractivity contribution in [1.82, 2.24) is 9.97 Å². The molecule has 7 heteroatoms. The van der Waals surface area contributed by atoms with Crippen LogP contribution in [0.2, 0.25) is 0 Å². The smallest absolute Gasteiger partial charge is 0.270 e. The quantitative estimate of drug-likeness (QED) is 0.692. The summed E-state index contributed by atoms with van der Waals surface area (Å²) in [6.07, 6.45) is 1.75. The van der Waals surface area contributed by atoms with Crippen LogP contribution in [0.5, 0.6) is 5.75 Å². The number of hydrogen-bond acceptors (Lipinski definition) is 5. The van der Waals surface area contributed by atoms with Gasteiger partial charge in [-0.2, -0.15) is 5.26 Å². The van der Waals surface area contributed by atoms with Gasteiger partial charge in [0, 0.05) is 5.56 Å². The zero-order valence-corrected chi connectivity index (χ0v) is 11.5. The molecule has 0 aliphatic rings. The van der Waals surface area contributed by atoms with Crippen LogP contribution in [0.1, 0.15) is 5.56 Å². The van der Waals surface area contributed by atoms with Gasteiger partial charge in [0.05, 0.1) is 12.8 Å². The summed E-state index contributed by atoms with van der Waals surface area (Å²) in [4.78, 5) is 18.5. The highest BCUT2D eigenvalue weighted by atomic mass is 32.2. The Morgan fingerprint density at radius 2 is 2.25 bits per heavy atom. The molecule has 102 valence electrons. The van der Waals surface area contributed by atoms with E-state index in [2.05, 4.69) is 9.97 Å². The Morgan fingerprint density at radius 1 is 1.50 bits per heavy atom. The summed E-state index contributed by atoms with van der Waals surface area (Å²) in [5.41, 5.74) is 0.0155. The van der Waals surface area contributed by atoms with Crippen LogP contribution in [-0.4, -0.2) is 23.3 Å². The van der Waals surface area contributed by atoms with Crippen LogP contribution in [0.4, 0.5) is 4.39 Å². The first-order valence-electron chi connectivity index (χ1n) is 5.53. The van der Waals surface area contributed by atoms with E-state index in [9.17, 15) is 9.18 Å². The van der Waals surface area contributed by atoms with E-state index in [4.69, 9.17) is 10.00 Å². The molecule has 0 fully saturated rings. The largest absolute Gasteiger partial charge is 0.494 e. The van der Waals surface area contributed by atoms with Crippen molar-refractivity contribution in [3.05, 3.63) is 39.9 Å². The molecule has 2 aromatic rings. The molecule has 0 bridgehead atoms. The molecule has 1 aromatic heterocycles. The predicted molar refractivity (Wildman–Crippen MR) is 73.3 cm³/mol. The first kappa shape index (κ1) is 14.1. The van der Waals surface area contributed by atoms with Gasteiger partial charge in [0.25, 0.3) is 5.56 Å². The molecule has 1 heterocycles. The molecule has 5 nitrogen and oxygen atoms in total. The maximum Gasteiger partial charge on any atom is 0.270 e. The first-order valence-corrected chi connectivity index (χ1v) is 6.75. The number of hydrogen-bond donors (Lipinski definition) is 1. The van der Waals surface area contributed by atoms with Gasteiger partial charge in [-0.15, -0.1) is 0 Å². The number of nitrogens with one attached hydrogen (secondary N) is 1. The number of H-pyrrole nitrogens is 1. The molecule has 1 N–H and O–H groups in total. The number of aromatic nitrogens is 2. The van der Waals surface area contributed by atoms with Crippen LogP contribution in [0.15, 0.2) is 28.2 Å². The second-order valence-corrected chi connectivity index (χ2v) is 4.55. The van der Waals surface area contributed by atoms with E-state index in [-0.39, 0.29) is 17.0 Å². The third kappa shape index (κ3) is 2.51. The highest BCUT2D eigenvalue weighted by Crippen LogP contribution is 2.27. The molecule has 0 unspecified atom stereocenters. The van der Waals surface area contributed by atoms with Gasteiger partial charge < -0.3 is 9.72 Å². The van der Waals surface area contributed by atoms with E-state index >= 15 is 0 Å². The van der Waals surface area contributed by atoms with Crippen LogP contribution in [0, 0.1) is 17.1 Å². The van der Waals surface area contributed by atoms with Gasteiger partial charge in [0.1, 0.15) is 11.6 Å². The summed E-state index contributed by atoms with van der Waals surface area (Å²) >= 11 is 1.24. The van der Waals surface area contributed by atoms with Crippen molar-refractivity contribution >= 4 is 11.8 Å². The average molecular weight is 291 g/mol. The van der Waals surface area contributed by atoms with Gasteiger partial charge in [0.15, 0.2) is 16.7 Å². The maximum absolute atomic E-state index is 13.4. The van der Waals surface area contributed by atoms with Crippen molar-refractivity contribution in [3.8, 4) is 23.1 Å². The second kappa shape index (κ2) is 5.75. The minimum Gasteiger partial charge on any atom is -0.494 e. The van der Waals surface area contributed by atoms with E-state index in [1.165, 1.54) is 37.1 Å². The van der Waals surface area contributed by atoms with Gasteiger partial charge in [0.2, 0.25) is 0 Å². The molecule has 0 aliphatic heterocycles. The van der Waals surface area contributed by atoms with Crippen molar-refractivity contribution in [2.75, 3.05) is 13.4 Å². The summed E-state index contributed by atoms with van der Waals surface area (Å²) < 4.78 is 18.3. The predicted octanol–water partition coefficient (Wildman–Crippen LogP) is 2.18. The number of nitrogens with zero attached hydrogens (tertiary/aromatic N) is 2. The number of rotatable bonds is 3. The van der Waals surface area contributed by atoms with E-state index < -0.39 is 11.4 Å². The zero-order valence-electron chi connectivity index (χ0n) is 10.7. The fourth-order valence-corrected chi connectivity index (χ4v) is 2.05. The first-order chi connectivity index (χ1) is 9.60. The Bertz CT molecular complexity index is 752. The highest BCUT2D eigenvalue weighted by molar-refractivity contribution is 7.98. The normalized spacial score (nSPS) is 10.1. The third-order valence-corrected chi connectivity index (χ3v) is 3.21. The average Bonchev–Trinajstić information content (AvgIpc) is 2.46. The standard InChI is InChI=1S/C13H10FN3O2S/c1-19-10-5-7(3-4-9(10)14)11-8(6-15)12(18)17-13(16-11)20-2/h3-5H,1-2H3,(H,16,17,18). The Morgan fingerprint density at radius 3 is 2.85 bits per heavy atom. The van der Waals surface area contributed by atoms with E-state index in [1.54, 1.807) is 6.26 Å². The summed E-state index contributed by atoms with van der Waals surface area (Å²) in [6.45, 7) is 0. The Hall–Kier alpha value is -2.33. The van der Waals surface area contributed by atoms with Gasteiger partial charge in [-0.05, 0) is 24.5 Å². The van der Waals surface area contributed by atoms with Crippen LogP contribution >= 0.6 is 11.8 Å².